The van der Waals surface area contributed by atoms with E-state index in [1.54, 1.807) is 19.1 Å². The summed E-state index contributed by atoms with van der Waals surface area (Å²) in [5.74, 6) is -2.90. The van der Waals surface area contributed by atoms with Crippen LogP contribution in [0.25, 0.3) is 0 Å². The molecule has 1 aliphatic carbocycles. The number of aliphatic hydroxyl groups excluding tert-OH is 1. The average molecular weight is 569 g/mol. The van der Waals surface area contributed by atoms with Crippen molar-refractivity contribution in [2.45, 2.75) is 103 Å². The predicted molar refractivity (Wildman–Crippen MR) is 152 cm³/mol. The molecule has 0 saturated carbocycles. The van der Waals surface area contributed by atoms with Crippen molar-refractivity contribution in [3.05, 3.63) is 59.3 Å². The van der Waals surface area contributed by atoms with E-state index in [0.29, 0.717) is 30.4 Å². The van der Waals surface area contributed by atoms with Crippen LogP contribution >= 0.6 is 0 Å². The molecule has 4 aliphatic heterocycles. The van der Waals surface area contributed by atoms with Gasteiger partial charge in [0.05, 0.1) is 24.9 Å². The Kier molecular flexibility index (Phi) is 8.36. The van der Waals surface area contributed by atoms with E-state index in [2.05, 4.69) is 26.8 Å². The molecule has 8 heteroatoms. The molecule has 0 amide bonds. The average Bonchev–Trinajstić information content (AvgIpc) is 3.26. The molecule has 2 fully saturated rings. The summed E-state index contributed by atoms with van der Waals surface area (Å²) in [5, 5.41) is 23.0. The fourth-order valence-electron chi connectivity index (χ4n) is 6.88. The molecule has 0 aromatic carbocycles. The van der Waals surface area contributed by atoms with E-state index in [4.69, 9.17) is 18.9 Å². The van der Waals surface area contributed by atoms with Crippen molar-refractivity contribution >= 4 is 11.8 Å². The van der Waals surface area contributed by atoms with Crippen LogP contribution in [-0.2, 0) is 28.5 Å². The summed E-state index contributed by atoms with van der Waals surface area (Å²) in [6.45, 7) is 11.8. The molecule has 0 unspecified atom stereocenters. The van der Waals surface area contributed by atoms with Gasteiger partial charge in [-0.25, -0.2) is 0 Å². The normalized spacial score (nSPS) is 46.7. The van der Waals surface area contributed by atoms with Gasteiger partial charge in [-0.15, -0.1) is 0 Å². The van der Waals surface area contributed by atoms with Crippen molar-refractivity contribution in [2.24, 2.45) is 23.7 Å². The Morgan fingerprint density at radius 3 is 2.54 bits per heavy atom. The lowest BCUT2D eigenvalue weighted by Gasteiger charge is -2.48. The van der Waals surface area contributed by atoms with Crippen LogP contribution in [0, 0.1) is 23.7 Å². The highest BCUT2D eigenvalue weighted by molar-refractivity contribution is 6.03. The molecule has 0 aromatic heterocycles. The molecule has 8 nitrogen and oxygen atoms in total. The highest BCUT2D eigenvalue weighted by atomic mass is 16.7. The van der Waals surface area contributed by atoms with E-state index < -0.39 is 41.6 Å². The van der Waals surface area contributed by atoms with Crippen LogP contribution in [0.4, 0.5) is 0 Å². The Morgan fingerprint density at radius 1 is 1.05 bits per heavy atom. The van der Waals surface area contributed by atoms with Crippen LogP contribution < -0.4 is 0 Å². The lowest BCUT2D eigenvalue weighted by molar-refractivity contribution is -0.299. The van der Waals surface area contributed by atoms with E-state index >= 15 is 0 Å². The first-order chi connectivity index (χ1) is 19.3. The molecule has 2 saturated heterocycles. The van der Waals surface area contributed by atoms with E-state index in [-0.39, 0.29) is 42.4 Å². The Hall–Kier alpha value is -2.36. The first-order valence-corrected chi connectivity index (χ1v) is 14.9. The number of ether oxygens (including phenoxy) is 4. The van der Waals surface area contributed by atoms with Gasteiger partial charge in [0.1, 0.15) is 17.6 Å². The summed E-state index contributed by atoms with van der Waals surface area (Å²) < 4.78 is 25.1. The molecule has 10 atom stereocenters. The van der Waals surface area contributed by atoms with Gasteiger partial charge in [0, 0.05) is 24.7 Å². The number of carbonyl (C=O) groups excluding carboxylic acids is 2. The minimum atomic E-state index is -1.87. The molecule has 2 bridgehead atoms. The standard InChI is InChI=1S/C33H44O8/c1-18(2)29-21(5)12-13-32(41-29)16-25-15-24(40-32)11-10-20(4)27(34)19(3)8-7-9-23-17-38-30-28(35)22(6)14-26(31(36)39-25)33(23,30)37/h7-10,12-14,18-19,21,24-27,29-30,34,37H,11,15-17H2,1-6H3/b8-7+,20-10+,23-9+/t19-,21-,24+,25-,26-,27-,29+,30+,32-,33+/m0/s1. The van der Waals surface area contributed by atoms with Crippen molar-refractivity contribution < 1.29 is 38.7 Å². The van der Waals surface area contributed by atoms with Gasteiger partial charge in [-0.3, -0.25) is 9.59 Å². The van der Waals surface area contributed by atoms with Gasteiger partial charge in [0.15, 0.2) is 17.7 Å². The SMILES string of the molecule is CC1=C[C@H]2C(=O)O[C@H]3C[C@@H](C/C=C(\C)[C@@H](O)[C@@H](C)/C=C/C=C4\CO[C@H](C1=O)[C@@]42O)O[C@]1(C=C[C@H](C)[C@@H](C(C)C)O1)C3. The molecular formula is C33H44O8. The maximum absolute atomic E-state index is 13.9. The molecule has 41 heavy (non-hydrogen) atoms. The van der Waals surface area contributed by atoms with Crippen LogP contribution in [0.15, 0.2) is 59.3 Å². The fraction of sp³-hybridized carbons (Fsp3) is 0.636. The summed E-state index contributed by atoms with van der Waals surface area (Å²) >= 11 is 0. The molecule has 2 N–H and O–H groups in total. The van der Waals surface area contributed by atoms with E-state index in [0.717, 1.165) is 5.57 Å². The number of allylic oxidation sites excluding steroid dienone is 2. The quantitative estimate of drug-likeness (QED) is 0.359. The molecule has 5 rings (SSSR count). The van der Waals surface area contributed by atoms with Crippen LogP contribution in [0.3, 0.4) is 0 Å². The summed E-state index contributed by atoms with van der Waals surface area (Å²) in [4.78, 5) is 26.9. The number of hydrogen-bond acceptors (Lipinski definition) is 8. The minimum Gasteiger partial charge on any atom is -0.462 e. The Bertz CT molecular complexity index is 1210. The van der Waals surface area contributed by atoms with Gasteiger partial charge in [-0.05, 0) is 49.0 Å². The molecule has 4 heterocycles. The van der Waals surface area contributed by atoms with Gasteiger partial charge in [0.25, 0.3) is 0 Å². The third-order valence-corrected chi connectivity index (χ3v) is 9.32. The van der Waals surface area contributed by atoms with Crippen molar-refractivity contribution in [3.63, 3.8) is 0 Å². The third-order valence-electron chi connectivity index (χ3n) is 9.32. The zero-order chi connectivity index (χ0) is 29.7. The van der Waals surface area contributed by atoms with Gasteiger partial charge < -0.3 is 29.2 Å². The van der Waals surface area contributed by atoms with E-state index in [1.807, 2.05) is 32.1 Å². The Morgan fingerprint density at radius 2 is 1.80 bits per heavy atom. The zero-order valence-corrected chi connectivity index (χ0v) is 24.9. The molecule has 0 radical (unpaired) electrons. The first kappa shape index (κ1) is 30.1. The molecule has 5 aliphatic rings. The number of ketones is 1. The van der Waals surface area contributed by atoms with Crippen LogP contribution in [0.2, 0.25) is 0 Å². The lowest BCUT2D eigenvalue weighted by atomic mass is 9.71. The van der Waals surface area contributed by atoms with Crippen LogP contribution in [0.1, 0.15) is 60.8 Å². The van der Waals surface area contributed by atoms with Crippen LogP contribution in [-0.4, -0.2) is 70.5 Å². The zero-order valence-electron chi connectivity index (χ0n) is 24.9. The lowest BCUT2D eigenvalue weighted by Crippen LogP contribution is -2.57. The number of Topliss-reactive ketones (excluding diaryl/α,β-unsaturated/α-hetero) is 1. The Labute approximate surface area is 242 Å². The van der Waals surface area contributed by atoms with Crippen molar-refractivity contribution in [3.8, 4) is 0 Å². The maximum atomic E-state index is 13.9. The number of rotatable bonds is 1. The second kappa shape index (κ2) is 11.4. The molecule has 224 valence electrons. The third kappa shape index (κ3) is 5.57. The van der Waals surface area contributed by atoms with Crippen molar-refractivity contribution in [2.75, 3.05) is 6.61 Å². The second-order valence-corrected chi connectivity index (χ2v) is 12.9. The second-order valence-electron chi connectivity index (χ2n) is 12.9. The smallest absolute Gasteiger partial charge is 0.316 e. The topological polar surface area (TPSA) is 112 Å². The molecular weight excluding hydrogens is 524 g/mol. The monoisotopic (exact) mass is 568 g/mol. The first-order valence-electron chi connectivity index (χ1n) is 14.9. The highest BCUT2D eigenvalue weighted by Crippen LogP contribution is 2.45. The van der Waals surface area contributed by atoms with E-state index in [1.165, 1.54) is 6.08 Å². The largest absolute Gasteiger partial charge is 0.462 e. The highest BCUT2D eigenvalue weighted by Gasteiger charge is 2.60. The van der Waals surface area contributed by atoms with E-state index in [9.17, 15) is 19.8 Å². The van der Waals surface area contributed by atoms with Gasteiger partial charge >= 0.3 is 5.97 Å². The van der Waals surface area contributed by atoms with Gasteiger partial charge in [-0.2, -0.15) is 0 Å². The molecule has 0 aromatic rings. The maximum Gasteiger partial charge on any atom is 0.316 e. The van der Waals surface area contributed by atoms with Crippen LogP contribution in [0.5, 0.6) is 0 Å². The Balaban J connectivity index is 1.55. The van der Waals surface area contributed by atoms with Gasteiger partial charge in [-0.1, -0.05) is 64.2 Å². The minimum absolute atomic E-state index is 0.00781. The summed E-state index contributed by atoms with van der Waals surface area (Å²) in [5.41, 5.74) is -0.269. The number of esters is 1. The molecule has 1 spiro atoms. The number of hydrogen-bond donors (Lipinski definition) is 2. The van der Waals surface area contributed by atoms with Crippen molar-refractivity contribution in [1.29, 1.82) is 0 Å². The number of aliphatic hydroxyl groups is 2. The van der Waals surface area contributed by atoms with Gasteiger partial charge in [0.2, 0.25) is 0 Å². The number of fused-ring (bicyclic) bond motifs is 2. The summed E-state index contributed by atoms with van der Waals surface area (Å²) in [6, 6.07) is 0. The number of carbonyl (C=O) groups is 2. The predicted octanol–water partition coefficient (Wildman–Crippen LogP) is 4.13. The summed E-state index contributed by atoms with van der Waals surface area (Å²) in [6.07, 6.45) is 11.2. The fourth-order valence-corrected chi connectivity index (χ4v) is 6.88. The van der Waals surface area contributed by atoms with Crippen molar-refractivity contribution in [1.82, 2.24) is 0 Å². The summed E-state index contributed by atoms with van der Waals surface area (Å²) in [7, 11) is 0.